The molecule has 9 heteroatoms. The average Bonchev–Trinajstić information content (AvgIpc) is 2.95. The number of aliphatic hydroxyl groups excluding tert-OH is 1. The minimum Gasteiger partial charge on any atom is -0.391 e. The quantitative estimate of drug-likeness (QED) is 0.0292. The SMILES string of the molecule is CCCCCCCC/C=C\CCCCCCCCCC(=O)NC(COP(=O)(O)OCC[N+](C)(C)C)C(O)CCCCCCC. The summed E-state index contributed by atoms with van der Waals surface area (Å²) in [5, 5.41) is 13.7. The number of nitrogens with one attached hydrogen (secondary N) is 1. The fraction of sp³-hybridized carbons (Fsp3) is 0.914. The van der Waals surface area contributed by atoms with E-state index in [1.54, 1.807) is 0 Å². The highest BCUT2D eigenvalue weighted by atomic mass is 31.2. The molecule has 0 saturated heterocycles. The van der Waals surface area contributed by atoms with Crippen LogP contribution < -0.4 is 5.32 Å². The van der Waals surface area contributed by atoms with Crippen molar-refractivity contribution in [3.63, 3.8) is 0 Å². The molecule has 0 spiro atoms. The third-order valence-electron chi connectivity index (χ3n) is 8.01. The Bertz CT molecular complexity index is 743. The van der Waals surface area contributed by atoms with Gasteiger partial charge in [0.05, 0.1) is 39.9 Å². The number of amides is 1. The van der Waals surface area contributed by atoms with Gasteiger partial charge in [0.1, 0.15) is 13.2 Å². The molecule has 0 aliphatic rings. The standard InChI is InChI=1S/C35H71N2O6P/c1-6-8-10-12-13-14-15-16-17-18-19-20-21-22-23-25-27-29-35(39)36-33(34(38)28-26-24-11-9-7-2)32-43-44(40,41)42-31-30-37(3,4)5/h16-17,33-34,38H,6-15,18-32H2,1-5H3,(H-,36,39,40,41)/p+1/b17-16-. The van der Waals surface area contributed by atoms with E-state index in [2.05, 4.69) is 31.3 Å². The van der Waals surface area contributed by atoms with Gasteiger partial charge in [-0.05, 0) is 38.5 Å². The van der Waals surface area contributed by atoms with Gasteiger partial charge >= 0.3 is 7.82 Å². The molecule has 8 nitrogen and oxygen atoms in total. The number of phosphoric acid groups is 1. The highest BCUT2D eigenvalue weighted by molar-refractivity contribution is 7.47. The van der Waals surface area contributed by atoms with Crippen LogP contribution in [0.3, 0.4) is 0 Å². The largest absolute Gasteiger partial charge is 0.472 e. The maximum atomic E-state index is 12.7. The summed E-state index contributed by atoms with van der Waals surface area (Å²) in [6.45, 7) is 4.77. The minimum absolute atomic E-state index is 0.0741. The molecule has 1 amide bonds. The lowest BCUT2D eigenvalue weighted by molar-refractivity contribution is -0.870. The molecule has 0 aromatic rings. The van der Waals surface area contributed by atoms with Crippen molar-refractivity contribution in [2.45, 2.75) is 167 Å². The number of phosphoric ester groups is 1. The number of quaternary nitrogens is 1. The number of nitrogens with zero attached hydrogens (tertiary/aromatic N) is 1. The number of hydrogen-bond acceptors (Lipinski definition) is 5. The number of unbranched alkanes of at least 4 members (excludes halogenated alkanes) is 17. The van der Waals surface area contributed by atoms with Gasteiger partial charge in [-0.15, -0.1) is 0 Å². The van der Waals surface area contributed by atoms with E-state index in [0.717, 1.165) is 51.4 Å². The monoisotopic (exact) mass is 648 g/mol. The molecule has 0 fully saturated rings. The van der Waals surface area contributed by atoms with Crippen LogP contribution in [0.2, 0.25) is 0 Å². The number of allylic oxidation sites excluding steroid dienone is 2. The van der Waals surface area contributed by atoms with Crippen molar-refractivity contribution < 1.29 is 32.9 Å². The Morgan fingerprint density at radius 2 is 1.23 bits per heavy atom. The Balaban J connectivity index is 4.25. The Morgan fingerprint density at radius 3 is 1.75 bits per heavy atom. The second-order valence-corrected chi connectivity index (χ2v) is 15.1. The van der Waals surface area contributed by atoms with Crippen LogP contribution in [-0.4, -0.2) is 73.4 Å². The Kier molecular flexibility index (Phi) is 28.0. The van der Waals surface area contributed by atoms with Crippen LogP contribution in [0.4, 0.5) is 0 Å². The van der Waals surface area contributed by atoms with Crippen molar-refractivity contribution in [2.75, 3.05) is 40.9 Å². The summed E-state index contributed by atoms with van der Waals surface area (Å²) >= 11 is 0. The molecule has 0 radical (unpaired) electrons. The van der Waals surface area contributed by atoms with E-state index in [9.17, 15) is 19.4 Å². The number of carbonyl (C=O) groups excluding carboxylic acids is 1. The predicted molar refractivity (Wildman–Crippen MR) is 185 cm³/mol. The van der Waals surface area contributed by atoms with Crippen LogP contribution in [0.1, 0.15) is 155 Å². The molecule has 0 aromatic heterocycles. The summed E-state index contributed by atoms with van der Waals surface area (Å²) < 4.78 is 23.3. The van der Waals surface area contributed by atoms with Crippen LogP contribution in [0, 0.1) is 0 Å². The molecule has 0 aliphatic heterocycles. The van der Waals surface area contributed by atoms with Gasteiger partial charge in [-0.3, -0.25) is 13.8 Å². The molecule has 0 aromatic carbocycles. The van der Waals surface area contributed by atoms with E-state index in [1.165, 1.54) is 77.0 Å². The van der Waals surface area contributed by atoms with Gasteiger partial charge in [-0.1, -0.05) is 122 Å². The zero-order valence-corrected chi connectivity index (χ0v) is 30.3. The zero-order valence-electron chi connectivity index (χ0n) is 29.4. The van der Waals surface area contributed by atoms with Crippen molar-refractivity contribution in [3.8, 4) is 0 Å². The van der Waals surface area contributed by atoms with E-state index >= 15 is 0 Å². The molecule has 44 heavy (non-hydrogen) atoms. The fourth-order valence-electron chi connectivity index (χ4n) is 5.04. The molecule has 3 N–H and O–H groups in total. The zero-order chi connectivity index (χ0) is 32.9. The normalized spacial score (nSPS) is 15.0. The molecule has 0 saturated carbocycles. The smallest absolute Gasteiger partial charge is 0.391 e. The summed E-state index contributed by atoms with van der Waals surface area (Å²) in [4.78, 5) is 22.8. The third-order valence-corrected chi connectivity index (χ3v) is 9.00. The maximum Gasteiger partial charge on any atom is 0.472 e. The topological polar surface area (TPSA) is 105 Å². The van der Waals surface area contributed by atoms with Crippen molar-refractivity contribution >= 4 is 13.7 Å². The van der Waals surface area contributed by atoms with E-state index in [-0.39, 0.29) is 19.1 Å². The van der Waals surface area contributed by atoms with Crippen molar-refractivity contribution in [1.82, 2.24) is 5.32 Å². The molecule has 3 atom stereocenters. The third kappa shape index (κ3) is 29.9. The second kappa shape index (κ2) is 28.5. The van der Waals surface area contributed by atoms with E-state index in [1.807, 2.05) is 21.1 Å². The number of likely N-dealkylation sites (N-methyl/N-ethyl adjacent to an activating group) is 1. The molecule has 0 heterocycles. The first-order valence-corrected chi connectivity index (χ1v) is 19.5. The Labute approximate surface area is 272 Å². The lowest BCUT2D eigenvalue weighted by Crippen LogP contribution is -2.46. The molecule has 0 aliphatic carbocycles. The summed E-state index contributed by atoms with van der Waals surface area (Å²) in [5.74, 6) is -0.157. The average molecular weight is 648 g/mol. The second-order valence-electron chi connectivity index (χ2n) is 13.6. The molecular weight excluding hydrogens is 575 g/mol. The first kappa shape index (κ1) is 43.2. The molecule has 262 valence electrons. The van der Waals surface area contributed by atoms with Gasteiger partial charge < -0.3 is 19.8 Å². The molecular formula is C35H72N2O6P+. The Hall–Kier alpha value is -0.760. The van der Waals surface area contributed by atoms with E-state index < -0.39 is 20.0 Å². The number of aliphatic hydroxyl groups is 1. The number of hydrogen-bond donors (Lipinski definition) is 3. The van der Waals surface area contributed by atoms with Crippen molar-refractivity contribution in [2.24, 2.45) is 0 Å². The van der Waals surface area contributed by atoms with E-state index in [4.69, 9.17) is 9.05 Å². The van der Waals surface area contributed by atoms with Gasteiger partial charge in [0, 0.05) is 6.42 Å². The summed E-state index contributed by atoms with van der Waals surface area (Å²) in [5.41, 5.74) is 0. The van der Waals surface area contributed by atoms with Gasteiger partial charge in [0.2, 0.25) is 5.91 Å². The fourth-order valence-corrected chi connectivity index (χ4v) is 5.77. The number of rotatable bonds is 32. The minimum atomic E-state index is -4.29. The maximum absolute atomic E-state index is 12.7. The summed E-state index contributed by atoms with van der Waals surface area (Å²) in [6, 6.07) is -0.754. The first-order valence-electron chi connectivity index (χ1n) is 18.1. The van der Waals surface area contributed by atoms with Crippen molar-refractivity contribution in [1.29, 1.82) is 0 Å². The van der Waals surface area contributed by atoms with Gasteiger partial charge in [0.15, 0.2) is 0 Å². The Morgan fingerprint density at radius 1 is 0.750 bits per heavy atom. The van der Waals surface area contributed by atoms with Crippen molar-refractivity contribution in [3.05, 3.63) is 12.2 Å². The molecule has 3 unspecified atom stereocenters. The number of carbonyl (C=O) groups is 1. The molecule has 0 rings (SSSR count). The summed E-state index contributed by atoms with van der Waals surface area (Å²) in [6.07, 6.45) is 28.4. The van der Waals surface area contributed by atoms with E-state index in [0.29, 0.717) is 23.9 Å². The highest BCUT2D eigenvalue weighted by Crippen LogP contribution is 2.43. The lowest BCUT2D eigenvalue weighted by Gasteiger charge is -2.26. The van der Waals surface area contributed by atoms with Crippen LogP contribution in [0.15, 0.2) is 12.2 Å². The van der Waals surface area contributed by atoms with Gasteiger partial charge in [-0.2, -0.15) is 0 Å². The predicted octanol–water partition coefficient (Wildman–Crippen LogP) is 8.85. The first-order chi connectivity index (χ1) is 21.0. The van der Waals surface area contributed by atoms with Gasteiger partial charge in [0.25, 0.3) is 0 Å². The van der Waals surface area contributed by atoms with Crippen LogP contribution in [-0.2, 0) is 18.4 Å². The lowest BCUT2D eigenvalue weighted by atomic mass is 10.0. The molecule has 0 bridgehead atoms. The highest BCUT2D eigenvalue weighted by Gasteiger charge is 2.28. The van der Waals surface area contributed by atoms with Gasteiger partial charge in [-0.25, -0.2) is 4.57 Å². The van der Waals surface area contributed by atoms with Crippen LogP contribution >= 0.6 is 7.82 Å². The van der Waals surface area contributed by atoms with Crippen LogP contribution in [0.25, 0.3) is 0 Å². The summed E-state index contributed by atoms with van der Waals surface area (Å²) in [7, 11) is 1.61. The van der Waals surface area contributed by atoms with Crippen LogP contribution in [0.5, 0.6) is 0 Å².